The maximum absolute atomic E-state index is 12.3. The first-order chi connectivity index (χ1) is 26.8. The van der Waals surface area contributed by atoms with E-state index in [1.807, 2.05) is 0 Å². The van der Waals surface area contributed by atoms with E-state index in [1.165, 1.54) is 31.3 Å². The van der Waals surface area contributed by atoms with Crippen LogP contribution in [-0.4, -0.2) is 40.8 Å². The molecule has 59 heavy (non-hydrogen) atoms. The van der Waals surface area contributed by atoms with E-state index in [9.17, 15) is 47.1 Å². The number of benzene rings is 5. The number of amides is 1. The Balaban J connectivity index is 0.000000394. The predicted octanol–water partition coefficient (Wildman–Crippen LogP) is 1.49. The largest absolute Gasteiger partial charge is 3.00 e. The molecule has 0 unspecified atom stereocenters. The fourth-order valence-corrected chi connectivity index (χ4v) is 6.76. The summed E-state index contributed by atoms with van der Waals surface area (Å²) in [4.78, 5) is 22.2. The van der Waals surface area contributed by atoms with Crippen LogP contribution in [0.3, 0.4) is 0 Å². The van der Waals surface area contributed by atoms with E-state index < -0.39 is 53.8 Å². The van der Waals surface area contributed by atoms with Crippen LogP contribution in [0.25, 0.3) is 10.8 Å². The van der Waals surface area contributed by atoms with Gasteiger partial charge in [-0.1, -0.05) is 54.8 Å². The first kappa shape index (κ1) is 49.8. The van der Waals surface area contributed by atoms with Gasteiger partial charge in [0.15, 0.2) is 0 Å². The van der Waals surface area contributed by atoms with Crippen LogP contribution in [0.15, 0.2) is 139 Å². The molecule has 1 amide bonds. The molecule has 0 aliphatic rings. The molecular formula is C36H34CoN9NaO10S2+. The van der Waals surface area contributed by atoms with Crippen LogP contribution in [0.2, 0.25) is 0 Å². The van der Waals surface area contributed by atoms with E-state index in [0.717, 1.165) is 37.3 Å². The maximum atomic E-state index is 12.3. The topological polar surface area (TPSA) is 309 Å². The van der Waals surface area contributed by atoms with Gasteiger partial charge in [-0.15, -0.1) is 16.0 Å². The van der Waals surface area contributed by atoms with Crippen molar-refractivity contribution in [3.8, 4) is 11.5 Å². The number of nitrogen functional groups attached to an aromatic ring is 1. The number of nitro groups is 1. The number of fused-ring (bicyclic) bond motifs is 1. The second-order valence-corrected chi connectivity index (χ2v) is 15.6. The van der Waals surface area contributed by atoms with Gasteiger partial charge >= 0.3 is 46.3 Å². The fourth-order valence-electron chi connectivity index (χ4n) is 4.72. The van der Waals surface area contributed by atoms with Crippen molar-refractivity contribution in [1.82, 2.24) is 9.44 Å². The number of para-hydroxylation sites is 1. The molecular weight excluding hydrogens is 865 g/mol. The first-order valence-electron chi connectivity index (χ1n) is 16.5. The third-order valence-electron chi connectivity index (χ3n) is 7.45. The number of carbonyl (C=O) groups is 1. The standard InChI is InChI=1S/C19H22N4O5S.C17H15N5O5S.Co.Na/c1-12(2)23-29(27,28)15-9-10-17(25)16(11-15)21-22-18(13(3)24)19(26)20-14-7-5-4-6-8-14;1-19-28(26,27)12-4-5-13-10(8-12)2-6-14(18)17(13)21-20-15-7-3-11(22(24)25)9-16(15)23;;/h4-12,23-25H,1-3H3,(H,20,26);2-9,19,23H,18H2,1H3;;/q;;+3;+1/p-3/b18-13-,22-21?;;;. The maximum Gasteiger partial charge on any atom is 3.00 e. The van der Waals surface area contributed by atoms with Gasteiger partial charge < -0.3 is 26.4 Å². The number of anilines is 2. The molecule has 0 fully saturated rings. The molecule has 0 bridgehead atoms. The Labute approximate surface area is 371 Å². The molecule has 23 heteroatoms. The van der Waals surface area contributed by atoms with E-state index in [0.29, 0.717) is 16.5 Å². The van der Waals surface area contributed by atoms with Crippen molar-refractivity contribution in [2.45, 2.75) is 36.6 Å². The first-order valence-corrected chi connectivity index (χ1v) is 19.4. The number of sulfonamides is 2. The second kappa shape index (κ2) is 21.6. The van der Waals surface area contributed by atoms with Crippen molar-refractivity contribution < 1.29 is 88.2 Å². The molecule has 19 nitrogen and oxygen atoms in total. The number of allylic oxidation sites excluding steroid dienone is 1. The van der Waals surface area contributed by atoms with Gasteiger partial charge in [-0.2, -0.15) is 10.2 Å². The summed E-state index contributed by atoms with van der Waals surface area (Å²) in [6, 6.07) is 22.0. The number of nitrogens with two attached hydrogens (primary N) is 1. The Hall–Kier alpha value is -5.30. The predicted molar refractivity (Wildman–Crippen MR) is 205 cm³/mol. The molecule has 0 saturated heterocycles. The summed E-state index contributed by atoms with van der Waals surface area (Å²) in [5.74, 6) is -2.73. The number of nitro benzene ring substituents is 1. The molecule has 5 N–H and O–H groups in total. The average Bonchev–Trinajstić information content (AvgIpc) is 3.15. The van der Waals surface area contributed by atoms with Gasteiger partial charge in [0.2, 0.25) is 20.0 Å². The Morgan fingerprint density at radius 1 is 0.797 bits per heavy atom. The van der Waals surface area contributed by atoms with E-state index in [2.05, 4.69) is 35.2 Å². The summed E-state index contributed by atoms with van der Waals surface area (Å²) >= 11 is 0. The molecule has 5 aromatic rings. The Morgan fingerprint density at radius 3 is 2.03 bits per heavy atom. The van der Waals surface area contributed by atoms with E-state index in [-0.39, 0.29) is 90.6 Å². The van der Waals surface area contributed by atoms with Crippen molar-refractivity contribution in [1.29, 1.82) is 0 Å². The second-order valence-electron chi connectivity index (χ2n) is 12.0. The van der Waals surface area contributed by atoms with Crippen LogP contribution in [0, 0.1) is 10.1 Å². The number of non-ortho nitro benzene ring substituents is 1. The van der Waals surface area contributed by atoms with Crippen LogP contribution in [0.5, 0.6) is 11.5 Å². The van der Waals surface area contributed by atoms with Gasteiger partial charge in [0.1, 0.15) is 11.4 Å². The fraction of sp³-hybridized carbons (Fsp3) is 0.139. The van der Waals surface area contributed by atoms with E-state index >= 15 is 0 Å². The number of azo groups is 2. The Kier molecular flexibility index (Phi) is 18.3. The van der Waals surface area contributed by atoms with Gasteiger partial charge in [-0.3, -0.25) is 14.9 Å². The van der Waals surface area contributed by atoms with Crippen LogP contribution in [-0.2, 0) is 41.6 Å². The monoisotopic (exact) mass is 898 g/mol. The molecule has 5 aromatic carbocycles. The van der Waals surface area contributed by atoms with Crippen LogP contribution < -0.4 is 65.4 Å². The van der Waals surface area contributed by atoms with E-state index in [4.69, 9.17) is 5.73 Å². The third kappa shape index (κ3) is 13.4. The normalized spacial score (nSPS) is 11.9. The molecule has 0 aliphatic heterocycles. The van der Waals surface area contributed by atoms with Gasteiger partial charge in [0, 0.05) is 29.2 Å². The van der Waals surface area contributed by atoms with Crippen LogP contribution in [0.4, 0.5) is 34.1 Å². The quantitative estimate of drug-likeness (QED) is 0.0264. The zero-order valence-electron chi connectivity index (χ0n) is 31.9. The number of nitrogens with zero attached hydrogens (tertiary/aromatic N) is 5. The third-order valence-corrected chi connectivity index (χ3v) is 10.5. The minimum Gasteiger partial charge on any atom is -0.874 e. The molecule has 0 atom stereocenters. The van der Waals surface area contributed by atoms with Crippen molar-refractivity contribution in [3.05, 3.63) is 119 Å². The van der Waals surface area contributed by atoms with Crippen LogP contribution in [0.1, 0.15) is 20.8 Å². The van der Waals surface area contributed by atoms with Crippen molar-refractivity contribution in [2.24, 2.45) is 20.5 Å². The van der Waals surface area contributed by atoms with Gasteiger partial charge in [0.25, 0.3) is 11.6 Å². The summed E-state index contributed by atoms with van der Waals surface area (Å²) in [5, 5.41) is 65.1. The Morgan fingerprint density at radius 2 is 1.44 bits per heavy atom. The van der Waals surface area contributed by atoms with Gasteiger partial charge in [0.05, 0.1) is 31.8 Å². The van der Waals surface area contributed by atoms with Crippen molar-refractivity contribution >= 4 is 70.9 Å². The minimum atomic E-state index is -3.85. The molecule has 0 radical (unpaired) electrons. The number of hydrogen-bond acceptors (Lipinski definition) is 15. The molecule has 0 saturated carbocycles. The minimum absolute atomic E-state index is 0. The molecule has 0 spiro atoms. The summed E-state index contributed by atoms with van der Waals surface area (Å²) in [5.41, 5.74) is 5.65. The Bertz CT molecular complexity index is 2650. The summed E-state index contributed by atoms with van der Waals surface area (Å²) < 4.78 is 53.1. The zero-order chi connectivity index (χ0) is 42.1. The smallest absolute Gasteiger partial charge is 0.874 e. The zero-order valence-corrected chi connectivity index (χ0v) is 36.5. The van der Waals surface area contributed by atoms with Gasteiger partial charge in [-0.25, -0.2) is 26.3 Å². The van der Waals surface area contributed by atoms with Gasteiger partial charge in [-0.05, 0) is 74.8 Å². The molecule has 304 valence electrons. The summed E-state index contributed by atoms with van der Waals surface area (Å²) in [6.07, 6.45) is 0. The summed E-state index contributed by atoms with van der Waals surface area (Å²) in [7, 11) is -6.16. The average molecular weight is 899 g/mol. The number of nitrogens with one attached hydrogen (secondary N) is 3. The molecule has 0 aromatic heterocycles. The molecule has 0 aliphatic carbocycles. The van der Waals surface area contributed by atoms with Crippen LogP contribution >= 0.6 is 0 Å². The number of carbonyl (C=O) groups excluding carboxylic acids is 1. The molecule has 5 rings (SSSR count). The van der Waals surface area contributed by atoms with E-state index in [1.54, 1.807) is 56.3 Å². The summed E-state index contributed by atoms with van der Waals surface area (Å²) in [6.45, 7) is 4.43. The SMILES string of the molecule is C/C([O-])=C(/N=Nc1cc(S(=O)(=O)NC(C)C)ccc1[O-])C(=O)Nc1ccccc1.CNS(=O)(=O)c1ccc2c(N=Nc3ccc([N+](=O)[O-])cc3[O-])c(N)ccc2c1.[Co+3].[Na+]. The van der Waals surface area contributed by atoms with Crippen molar-refractivity contribution in [2.75, 3.05) is 18.1 Å². The van der Waals surface area contributed by atoms with Crippen molar-refractivity contribution in [3.63, 3.8) is 0 Å². The number of hydrogen-bond donors (Lipinski definition) is 4. The molecule has 0 heterocycles. The number of rotatable bonds is 12.